The maximum Gasteiger partial charge on any atom is 0.315 e. The highest BCUT2D eigenvalue weighted by Gasteiger charge is 2.31. The molecule has 2 rings (SSSR count). The van der Waals surface area contributed by atoms with Gasteiger partial charge in [0.2, 0.25) is 0 Å². The van der Waals surface area contributed by atoms with Gasteiger partial charge >= 0.3 is 5.97 Å². The fourth-order valence-corrected chi connectivity index (χ4v) is 3.19. The molecule has 0 aliphatic heterocycles. The summed E-state index contributed by atoms with van der Waals surface area (Å²) < 4.78 is 5.07. The van der Waals surface area contributed by atoms with Crippen LogP contribution in [0.3, 0.4) is 0 Å². The van der Waals surface area contributed by atoms with Crippen molar-refractivity contribution in [3.05, 3.63) is 15.6 Å². The van der Waals surface area contributed by atoms with Gasteiger partial charge in [0.15, 0.2) is 0 Å². The number of hydrogen-bond donors (Lipinski definition) is 0. The topological polar surface area (TPSA) is 63.0 Å². The normalized spacial score (nSPS) is 18.2. The standard InChI is InChI=1S/C12H14N2O2S/c1-2-16-12(15)8-4-3-5-9-11(8)14-10(17-9)6-7-13/h8H,2-6H2,1H3. The summed E-state index contributed by atoms with van der Waals surface area (Å²) in [5.41, 5.74) is 0.852. The van der Waals surface area contributed by atoms with Crippen molar-refractivity contribution in [1.29, 1.82) is 5.26 Å². The van der Waals surface area contributed by atoms with Crippen LogP contribution in [-0.4, -0.2) is 17.6 Å². The summed E-state index contributed by atoms with van der Waals surface area (Å²) >= 11 is 1.56. The van der Waals surface area contributed by atoms with Gasteiger partial charge in [0.05, 0.1) is 24.8 Å². The lowest BCUT2D eigenvalue weighted by Gasteiger charge is -2.19. The molecule has 0 saturated carbocycles. The van der Waals surface area contributed by atoms with E-state index in [1.807, 2.05) is 6.92 Å². The molecule has 0 radical (unpaired) electrons. The third kappa shape index (κ3) is 2.47. The molecular formula is C12H14N2O2S. The summed E-state index contributed by atoms with van der Waals surface area (Å²) in [6.07, 6.45) is 3.09. The lowest BCUT2D eigenvalue weighted by atomic mass is 9.91. The van der Waals surface area contributed by atoms with Crippen molar-refractivity contribution < 1.29 is 9.53 Å². The number of ether oxygens (including phenoxy) is 1. The van der Waals surface area contributed by atoms with Crippen LogP contribution in [0, 0.1) is 11.3 Å². The molecule has 90 valence electrons. The van der Waals surface area contributed by atoms with E-state index in [9.17, 15) is 4.79 Å². The summed E-state index contributed by atoms with van der Waals surface area (Å²) in [6.45, 7) is 2.21. The fraction of sp³-hybridized carbons (Fsp3) is 0.583. The molecule has 4 nitrogen and oxygen atoms in total. The highest BCUT2D eigenvalue weighted by Crippen LogP contribution is 2.35. The zero-order valence-electron chi connectivity index (χ0n) is 9.73. The maximum absolute atomic E-state index is 11.8. The molecule has 0 aromatic carbocycles. The summed E-state index contributed by atoms with van der Waals surface area (Å²) in [5, 5.41) is 9.48. The van der Waals surface area contributed by atoms with Gasteiger partial charge in [0, 0.05) is 4.88 Å². The first-order valence-corrected chi connectivity index (χ1v) is 6.60. The molecule has 0 N–H and O–H groups in total. The summed E-state index contributed by atoms with van der Waals surface area (Å²) in [5.74, 6) is -0.398. The van der Waals surface area contributed by atoms with Crippen LogP contribution in [0.2, 0.25) is 0 Å². The van der Waals surface area contributed by atoms with E-state index in [0.29, 0.717) is 13.0 Å². The largest absolute Gasteiger partial charge is 0.465 e. The number of hydrogen-bond acceptors (Lipinski definition) is 5. The Morgan fingerprint density at radius 2 is 2.53 bits per heavy atom. The van der Waals surface area contributed by atoms with Crippen molar-refractivity contribution in [1.82, 2.24) is 4.98 Å². The molecule has 1 aliphatic carbocycles. The van der Waals surface area contributed by atoms with Crippen molar-refractivity contribution in [2.45, 2.75) is 38.5 Å². The number of carbonyl (C=O) groups excluding carboxylic acids is 1. The summed E-state index contributed by atoms with van der Waals surface area (Å²) in [7, 11) is 0. The first kappa shape index (κ1) is 12.1. The van der Waals surface area contributed by atoms with Crippen molar-refractivity contribution in [3.8, 4) is 6.07 Å². The zero-order chi connectivity index (χ0) is 12.3. The number of fused-ring (bicyclic) bond motifs is 1. The van der Waals surface area contributed by atoms with E-state index >= 15 is 0 Å². The maximum atomic E-state index is 11.8. The molecule has 5 heteroatoms. The van der Waals surface area contributed by atoms with Crippen molar-refractivity contribution in [2.75, 3.05) is 6.61 Å². The Labute approximate surface area is 104 Å². The van der Waals surface area contributed by atoms with Crippen LogP contribution >= 0.6 is 11.3 Å². The van der Waals surface area contributed by atoms with Gasteiger partial charge < -0.3 is 4.74 Å². The zero-order valence-corrected chi connectivity index (χ0v) is 10.5. The molecule has 17 heavy (non-hydrogen) atoms. The van der Waals surface area contributed by atoms with Gasteiger partial charge in [-0.3, -0.25) is 4.79 Å². The minimum atomic E-state index is -0.220. The molecule has 0 saturated heterocycles. The molecule has 0 fully saturated rings. The molecule has 1 heterocycles. The predicted octanol–water partition coefficient (Wildman–Crippen LogP) is 2.19. The van der Waals surface area contributed by atoms with E-state index in [4.69, 9.17) is 10.00 Å². The van der Waals surface area contributed by atoms with E-state index in [2.05, 4.69) is 11.1 Å². The van der Waals surface area contributed by atoms with Gasteiger partial charge in [0.1, 0.15) is 10.9 Å². The number of rotatable bonds is 3. The smallest absolute Gasteiger partial charge is 0.315 e. The van der Waals surface area contributed by atoms with Gasteiger partial charge in [-0.25, -0.2) is 4.98 Å². The van der Waals surface area contributed by atoms with Gasteiger partial charge in [-0.15, -0.1) is 11.3 Å². The number of nitriles is 1. The first-order chi connectivity index (χ1) is 8.26. The monoisotopic (exact) mass is 250 g/mol. The Morgan fingerprint density at radius 3 is 3.24 bits per heavy atom. The van der Waals surface area contributed by atoms with E-state index in [1.54, 1.807) is 11.3 Å². The van der Waals surface area contributed by atoms with Gasteiger partial charge in [-0.1, -0.05) is 0 Å². The molecule has 1 atom stereocenters. The fourth-order valence-electron chi connectivity index (χ4n) is 2.08. The minimum absolute atomic E-state index is 0.178. The number of nitrogens with zero attached hydrogens (tertiary/aromatic N) is 2. The summed E-state index contributed by atoms with van der Waals surface area (Å²) in [4.78, 5) is 17.4. The average Bonchev–Trinajstić information content (AvgIpc) is 2.71. The molecular weight excluding hydrogens is 236 g/mol. The molecule has 1 unspecified atom stereocenters. The Bertz CT molecular complexity index is 462. The minimum Gasteiger partial charge on any atom is -0.465 e. The predicted molar refractivity (Wildman–Crippen MR) is 63.7 cm³/mol. The molecule has 1 aliphatic rings. The van der Waals surface area contributed by atoms with Crippen molar-refractivity contribution in [2.24, 2.45) is 0 Å². The van der Waals surface area contributed by atoms with Gasteiger partial charge in [0.25, 0.3) is 0 Å². The Morgan fingerprint density at radius 1 is 1.71 bits per heavy atom. The van der Waals surface area contributed by atoms with Crippen LogP contribution in [0.25, 0.3) is 0 Å². The molecule has 0 spiro atoms. The third-order valence-corrected chi connectivity index (χ3v) is 3.93. The highest BCUT2D eigenvalue weighted by atomic mass is 32.1. The second-order valence-corrected chi connectivity index (χ2v) is 5.12. The van der Waals surface area contributed by atoms with Crippen LogP contribution in [0.1, 0.15) is 41.3 Å². The second-order valence-electron chi connectivity index (χ2n) is 3.95. The number of esters is 1. The SMILES string of the molecule is CCOC(=O)C1CCCc2sc(CC#N)nc21. The van der Waals surface area contributed by atoms with E-state index < -0.39 is 0 Å². The van der Waals surface area contributed by atoms with Crippen molar-refractivity contribution >= 4 is 17.3 Å². The lowest BCUT2D eigenvalue weighted by Crippen LogP contribution is -2.20. The van der Waals surface area contributed by atoms with Crippen LogP contribution in [0.15, 0.2) is 0 Å². The third-order valence-electron chi connectivity index (χ3n) is 2.80. The Balaban J connectivity index is 2.24. The second kappa shape index (κ2) is 5.28. The quantitative estimate of drug-likeness (QED) is 0.771. The van der Waals surface area contributed by atoms with Gasteiger partial charge in [-0.05, 0) is 26.2 Å². The molecule has 0 bridgehead atoms. The average molecular weight is 250 g/mol. The lowest BCUT2D eigenvalue weighted by molar-refractivity contribution is -0.145. The molecule has 0 amide bonds. The molecule has 1 aromatic rings. The Hall–Kier alpha value is -1.41. The Kier molecular flexibility index (Phi) is 3.75. The highest BCUT2D eigenvalue weighted by molar-refractivity contribution is 7.11. The van der Waals surface area contributed by atoms with Crippen LogP contribution in [0.5, 0.6) is 0 Å². The molecule has 1 aromatic heterocycles. The number of aromatic nitrogens is 1. The van der Waals surface area contributed by atoms with E-state index in [0.717, 1.165) is 34.8 Å². The van der Waals surface area contributed by atoms with Crippen LogP contribution < -0.4 is 0 Å². The first-order valence-electron chi connectivity index (χ1n) is 5.78. The van der Waals surface area contributed by atoms with Crippen LogP contribution in [0.4, 0.5) is 0 Å². The van der Waals surface area contributed by atoms with Gasteiger partial charge in [-0.2, -0.15) is 5.26 Å². The number of aryl methyl sites for hydroxylation is 1. The van der Waals surface area contributed by atoms with Crippen LogP contribution in [-0.2, 0) is 22.4 Å². The van der Waals surface area contributed by atoms with E-state index in [-0.39, 0.29) is 11.9 Å². The number of carbonyl (C=O) groups is 1. The van der Waals surface area contributed by atoms with Crippen molar-refractivity contribution in [3.63, 3.8) is 0 Å². The number of thiazole rings is 1. The summed E-state index contributed by atoms with van der Waals surface area (Å²) in [6, 6.07) is 2.09. The van der Waals surface area contributed by atoms with E-state index in [1.165, 1.54) is 0 Å².